The molecule has 11 nitrogen and oxygen atoms in total. The first kappa shape index (κ1) is 29.4. The van der Waals surface area contributed by atoms with Crippen LogP contribution in [0.1, 0.15) is 31.7 Å². The number of aliphatic carboxylic acids is 1. The Labute approximate surface area is 204 Å². The maximum atomic E-state index is 12.7. The summed E-state index contributed by atoms with van der Waals surface area (Å²) in [5.41, 5.74) is 11.9. The molecule has 0 aromatic heterocycles. The highest BCUT2D eigenvalue weighted by Gasteiger charge is 2.32. The number of nitrogens with one attached hydrogen (secondary N) is 3. The second-order valence-corrected chi connectivity index (χ2v) is 8.32. The predicted octanol–water partition coefficient (Wildman–Crippen LogP) is -1.46. The number of benzene rings is 1. The van der Waals surface area contributed by atoms with Gasteiger partial charge in [-0.25, -0.2) is 4.79 Å². The highest BCUT2D eigenvalue weighted by Crippen LogP contribution is 2.05. The van der Waals surface area contributed by atoms with Crippen LogP contribution in [0.4, 0.5) is 0 Å². The van der Waals surface area contributed by atoms with E-state index >= 15 is 0 Å². The maximum Gasteiger partial charge on any atom is 0.326 e. The zero-order chi connectivity index (χ0) is 25.7. The molecule has 0 fully saturated rings. The molecule has 5 atom stereocenters. The van der Waals surface area contributed by atoms with Crippen molar-refractivity contribution in [1.82, 2.24) is 16.0 Å². The van der Waals surface area contributed by atoms with Gasteiger partial charge in [0.15, 0.2) is 0 Å². The third-order valence-corrected chi connectivity index (χ3v) is 5.45. The fourth-order valence-electron chi connectivity index (χ4n) is 3.08. The van der Waals surface area contributed by atoms with Crippen LogP contribution in [0.25, 0.3) is 0 Å². The Morgan fingerprint density at radius 2 is 1.59 bits per heavy atom. The zero-order valence-electron chi connectivity index (χ0n) is 19.1. The Balaban J connectivity index is 2.80. The van der Waals surface area contributed by atoms with Crippen LogP contribution in [0.5, 0.6) is 0 Å². The Hall–Kier alpha value is -2.67. The van der Waals surface area contributed by atoms with E-state index in [9.17, 15) is 29.4 Å². The quantitative estimate of drug-likeness (QED) is 0.106. The molecule has 0 aliphatic rings. The summed E-state index contributed by atoms with van der Waals surface area (Å²) < 4.78 is 0. The van der Waals surface area contributed by atoms with Gasteiger partial charge in [-0.1, -0.05) is 36.8 Å². The number of amides is 3. The van der Waals surface area contributed by atoms with Crippen molar-refractivity contribution in [3.63, 3.8) is 0 Å². The van der Waals surface area contributed by atoms with E-state index in [1.165, 1.54) is 6.92 Å². The zero-order valence-corrected chi connectivity index (χ0v) is 20.0. The van der Waals surface area contributed by atoms with Crippen LogP contribution < -0.4 is 27.4 Å². The van der Waals surface area contributed by atoms with E-state index in [0.29, 0.717) is 31.4 Å². The Kier molecular flexibility index (Phi) is 13.2. The van der Waals surface area contributed by atoms with Crippen molar-refractivity contribution in [2.45, 2.75) is 62.9 Å². The van der Waals surface area contributed by atoms with Crippen LogP contribution in [0.15, 0.2) is 30.3 Å². The number of carbonyl (C=O) groups is 4. The summed E-state index contributed by atoms with van der Waals surface area (Å²) in [7, 11) is 0. The number of hydrogen-bond acceptors (Lipinski definition) is 8. The Morgan fingerprint density at radius 3 is 2.12 bits per heavy atom. The fraction of sp³-hybridized carbons (Fsp3) is 0.545. The molecule has 0 saturated heterocycles. The lowest BCUT2D eigenvalue weighted by Gasteiger charge is -2.26. The van der Waals surface area contributed by atoms with Crippen molar-refractivity contribution in [2.75, 3.05) is 12.3 Å². The minimum Gasteiger partial charge on any atom is -0.480 e. The largest absolute Gasteiger partial charge is 0.480 e. The summed E-state index contributed by atoms with van der Waals surface area (Å²) in [5, 5.41) is 26.7. The first-order chi connectivity index (χ1) is 16.1. The lowest BCUT2D eigenvalue weighted by atomic mass is 10.0. The average molecular weight is 498 g/mol. The molecule has 1 aromatic rings. The van der Waals surface area contributed by atoms with Crippen LogP contribution in [-0.2, 0) is 25.6 Å². The van der Waals surface area contributed by atoms with E-state index < -0.39 is 54.0 Å². The number of carbonyl (C=O) groups excluding carboxylic acids is 3. The highest BCUT2D eigenvalue weighted by molar-refractivity contribution is 7.80. The lowest BCUT2D eigenvalue weighted by molar-refractivity contribution is -0.143. The number of aliphatic hydroxyl groups is 1. The van der Waals surface area contributed by atoms with E-state index in [0.717, 1.165) is 0 Å². The maximum absolute atomic E-state index is 12.7. The van der Waals surface area contributed by atoms with Gasteiger partial charge in [-0.3, -0.25) is 14.4 Å². The molecule has 190 valence electrons. The molecule has 0 aliphatic carbocycles. The minimum atomic E-state index is -1.46. The number of thiol groups is 1. The molecule has 34 heavy (non-hydrogen) atoms. The second kappa shape index (κ2) is 15.3. The lowest BCUT2D eigenvalue weighted by Crippen LogP contribution is -2.60. The molecule has 9 N–H and O–H groups in total. The molecule has 1 aromatic carbocycles. The summed E-state index contributed by atoms with van der Waals surface area (Å²) >= 11 is 4.07. The van der Waals surface area contributed by atoms with Crippen molar-refractivity contribution >= 4 is 36.3 Å². The van der Waals surface area contributed by atoms with Crippen LogP contribution in [0.2, 0.25) is 0 Å². The van der Waals surface area contributed by atoms with Gasteiger partial charge in [0.2, 0.25) is 17.7 Å². The monoisotopic (exact) mass is 497 g/mol. The Bertz CT molecular complexity index is 810. The van der Waals surface area contributed by atoms with Crippen molar-refractivity contribution in [1.29, 1.82) is 0 Å². The normalized spacial score (nSPS) is 15.3. The fourth-order valence-corrected chi connectivity index (χ4v) is 3.34. The van der Waals surface area contributed by atoms with E-state index in [1.807, 2.05) is 0 Å². The molecule has 0 spiro atoms. The van der Waals surface area contributed by atoms with E-state index in [4.69, 9.17) is 11.5 Å². The SMILES string of the molecule is CC(O)C(NC(=O)C(CS)NC(=O)C(N)CCCCN)C(=O)NC(Cc1ccccc1)C(=O)O. The molecule has 1 rings (SSSR count). The van der Waals surface area contributed by atoms with Gasteiger partial charge in [0, 0.05) is 12.2 Å². The van der Waals surface area contributed by atoms with Gasteiger partial charge in [-0.2, -0.15) is 12.6 Å². The van der Waals surface area contributed by atoms with Crippen LogP contribution in [0.3, 0.4) is 0 Å². The van der Waals surface area contributed by atoms with Gasteiger partial charge in [-0.05, 0) is 31.9 Å². The molecular formula is C22H35N5O6S. The van der Waals surface area contributed by atoms with Crippen LogP contribution in [-0.4, -0.2) is 76.5 Å². The Morgan fingerprint density at radius 1 is 0.971 bits per heavy atom. The standard InChI is InChI=1S/C22H35N5O6S/c1-13(28)18(21(31)25-16(22(32)33)11-14-7-3-2-4-8-14)27-20(30)17(12-34)26-19(29)15(24)9-5-6-10-23/h2-4,7-8,13,15-18,28,34H,5-6,9-12,23-24H2,1H3,(H,25,31)(H,26,29)(H,27,30)(H,32,33). The number of nitrogens with two attached hydrogens (primary N) is 2. The summed E-state index contributed by atoms with van der Waals surface area (Å²) in [6.45, 7) is 1.76. The topological polar surface area (TPSA) is 197 Å². The number of hydrogen-bond donors (Lipinski definition) is 8. The van der Waals surface area contributed by atoms with Crippen LogP contribution in [0, 0.1) is 0 Å². The van der Waals surface area contributed by atoms with Crippen molar-refractivity contribution in [3.8, 4) is 0 Å². The number of unbranched alkanes of at least 4 members (excludes halogenated alkanes) is 1. The molecule has 0 saturated carbocycles. The number of carboxylic acids is 1. The molecular weight excluding hydrogens is 462 g/mol. The third kappa shape index (κ3) is 10.1. The van der Waals surface area contributed by atoms with E-state index in [-0.39, 0.29) is 12.2 Å². The average Bonchev–Trinajstić information content (AvgIpc) is 2.80. The summed E-state index contributed by atoms with van der Waals surface area (Å²) in [6, 6.07) is 4.00. The van der Waals surface area contributed by atoms with Crippen molar-refractivity contribution < 1.29 is 29.4 Å². The third-order valence-electron chi connectivity index (χ3n) is 5.08. The van der Waals surface area contributed by atoms with Gasteiger partial charge in [0.25, 0.3) is 0 Å². The first-order valence-electron chi connectivity index (χ1n) is 11.0. The smallest absolute Gasteiger partial charge is 0.326 e. The first-order valence-corrected chi connectivity index (χ1v) is 11.7. The molecule has 3 amide bonds. The summed E-state index contributed by atoms with van der Waals surface area (Å²) in [5.74, 6) is -3.56. The van der Waals surface area contributed by atoms with Gasteiger partial charge in [0.05, 0.1) is 12.1 Å². The summed E-state index contributed by atoms with van der Waals surface area (Å²) in [4.78, 5) is 49.3. The number of rotatable bonds is 15. The number of carboxylic acid groups (broad SMARTS) is 1. The van der Waals surface area contributed by atoms with E-state index in [2.05, 4.69) is 28.6 Å². The second-order valence-electron chi connectivity index (χ2n) is 7.95. The number of aliphatic hydroxyl groups excluding tert-OH is 1. The molecule has 0 bridgehead atoms. The molecule has 0 radical (unpaired) electrons. The van der Waals surface area contributed by atoms with E-state index in [1.54, 1.807) is 30.3 Å². The molecule has 5 unspecified atom stereocenters. The molecule has 0 aliphatic heterocycles. The minimum absolute atomic E-state index is 0.0136. The molecule has 0 heterocycles. The van der Waals surface area contributed by atoms with Gasteiger partial charge in [0.1, 0.15) is 18.1 Å². The van der Waals surface area contributed by atoms with Gasteiger partial charge in [-0.15, -0.1) is 0 Å². The van der Waals surface area contributed by atoms with Gasteiger partial charge >= 0.3 is 5.97 Å². The summed E-state index contributed by atoms with van der Waals surface area (Å²) in [6.07, 6.45) is 0.427. The van der Waals surface area contributed by atoms with Crippen molar-refractivity contribution in [3.05, 3.63) is 35.9 Å². The molecule has 12 heteroatoms. The predicted molar refractivity (Wildman–Crippen MR) is 130 cm³/mol. The van der Waals surface area contributed by atoms with Gasteiger partial charge < -0.3 is 37.6 Å². The van der Waals surface area contributed by atoms with Crippen LogP contribution >= 0.6 is 12.6 Å². The van der Waals surface area contributed by atoms with Crippen molar-refractivity contribution in [2.24, 2.45) is 11.5 Å². The highest BCUT2D eigenvalue weighted by atomic mass is 32.1.